The van der Waals surface area contributed by atoms with E-state index in [-0.39, 0.29) is 23.7 Å². The average Bonchev–Trinajstić information content (AvgIpc) is 2.48. The molecular weight excluding hydrogens is 348 g/mol. The number of amides is 1. The van der Waals surface area contributed by atoms with E-state index in [9.17, 15) is 22.4 Å². The molecule has 24 heavy (non-hydrogen) atoms. The Morgan fingerprint density at radius 2 is 1.88 bits per heavy atom. The van der Waals surface area contributed by atoms with Crippen LogP contribution in [-0.4, -0.2) is 12.5 Å². The molecule has 128 valence electrons. The van der Waals surface area contributed by atoms with Crippen LogP contribution in [0, 0.1) is 5.82 Å². The van der Waals surface area contributed by atoms with Crippen LogP contribution in [0.2, 0.25) is 5.02 Å². The van der Waals surface area contributed by atoms with Gasteiger partial charge in [-0.2, -0.15) is 13.2 Å². The lowest BCUT2D eigenvalue weighted by molar-refractivity contribution is -0.137. The predicted molar refractivity (Wildman–Crippen MR) is 84.6 cm³/mol. The summed E-state index contributed by atoms with van der Waals surface area (Å²) >= 11 is 5.57. The van der Waals surface area contributed by atoms with E-state index in [1.165, 1.54) is 24.3 Å². The van der Waals surface area contributed by atoms with Gasteiger partial charge in [0.2, 0.25) is 5.91 Å². The molecule has 0 atom stereocenters. The van der Waals surface area contributed by atoms with E-state index in [2.05, 4.69) is 10.6 Å². The lowest BCUT2D eigenvalue weighted by atomic mass is 10.1. The summed E-state index contributed by atoms with van der Waals surface area (Å²) in [5.74, 6) is -1.04. The molecule has 0 fully saturated rings. The minimum atomic E-state index is -4.63. The van der Waals surface area contributed by atoms with E-state index in [1.54, 1.807) is 6.07 Å². The van der Waals surface area contributed by atoms with Crippen LogP contribution in [-0.2, 0) is 11.0 Å². The van der Waals surface area contributed by atoms with Crippen molar-refractivity contribution in [3.05, 3.63) is 58.9 Å². The summed E-state index contributed by atoms with van der Waals surface area (Å²) in [5, 5.41) is 4.95. The van der Waals surface area contributed by atoms with Gasteiger partial charge in [0.25, 0.3) is 0 Å². The topological polar surface area (TPSA) is 41.1 Å². The standard InChI is InChI=1S/C16H13ClF4N2O/c17-10-4-5-14(13(8-10)16(19,20)21)23-15(24)6-7-22-12-3-1-2-11(18)9-12/h1-5,8-9,22H,6-7H2,(H,23,24). The Balaban J connectivity index is 1.95. The van der Waals surface area contributed by atoms with Crippen LogP contribution in [0.15, 0.2) is 42.5 Å². The van der Waals surface area contributed by atoms with Crippen LogP contribution >= 0.6 is 11.6 Å². The highest BCUT2D eigenvalue weighted by atomic mass is 35.5. The van der Waals surface area contributed by atoms with Gasteiger partial charge in [-0.1, -0.05) is 17.7 Å². The van der Waals surface area contributed by atoms with Gasteiger partial charge in [0.05, 0.1) is 11.3 Å². The van der Waals surface area contributed by atoms with Crippen molar-refractivity contribution in [3.8, 4) is 0 Å². The Kier molecular flexibility index (Phi) is 5.66. The number of carbonyl (C=O) groups excluding carboxylic acids is 1. The second kappa shape index (κ2) is 7.53. The van der Waals surface area contributed by atoms with E-state index < -0.39 is 23.5 Å². The van der Waals surface area contributed by atoms with Gasteiger partial charge < -0.3 is 10.6 Å². The molecule has 0 saturated carbocycles. The first-order valence-corrected chi connectivity index (χ1v) is 7.29. The van der Waals surface area contributed by atoms with E-state index in [0.29, 0.717) is 5.69 Å². The largest absolute Gasteiger partial charge is 0.418 e. The third-order valence-corrected chi connectivity index (χ3v) is 3.30. The maximum Gasteiger partial charge on any atom is 0.418 e. The third-order valence-electron chi connectivity index (χ3n) is 3.07. The Morgan fingerprint density at radius 1 is 1.12 bits per heavy atom. The molecule has 0 spiro atoms. The van der Waals surface area contributed by atoms with Crippen LogP contribution in [0.25, 0.3) is 0 Å². The summed E-state index contributed by atoms with van der Waals surface area (Å²) in [7, 11) is 0. The van der Waals surface area contributed by atoms with Crippen LogP contribution in [0.5, 0.6) is 0 Å². The van der Waals surface area contributed by atoms with Gasteiger partial charge in [-0.3, -0.25) is 4.79 Å². The lowest BCUT2D eigenvalue weighted by Crippen LogP contribution is -2.19. The van der Waals surface area contributed by atoms with E-state index in [1.807, 2.05) is 0 Å². The molecule has 2 rings (SSSR count). The van der Waals surface area contributed by atoms with Crippen molar-refractivity contribution < 1.29 is 22.4 Å². The van der Waals surface area contributed by atoms with Crippen molar-refractivity contribution in [1.29, 1.82) is 0 Å². The second-order valence-electron chi connectivity index (χ2n) is 4.92. The Labute approximate surface area is 140 Å². The van der Waals surface area contributed by atoms with Gasteiger partial charge >= 0.3 is 6.18 Å². The highest BCUT2D eigenvalue weighted by Gasteiger charge is 2.34. The van der Waals surface area contributed by atoms with Crippen molar-refractivity contribution >= 4 is 28.9 Å². The van der Waals surface area contributed by atoms with Gasteiger partial charge in [0.15, 0.2) is 0 Å². The van der Waals surface area contributed by atoms with Crippen molar-refractivity contribution in [3.63, 3.8) is 0 Å². The number of carbonyl (C=O) groups is 1. The SMILES string of the molecule is O=C(CCNc1cccc(F)c1)Nc1ccc(Cl)cc1C(F)(F)F. The molecule has 2 aromatic carbocycles. The first kappa shape index (κ1) is 18.1. The van der Waals surface area contributed by atoms with Crippen molar-refractivity contribution in [1.82, 2.24) is 0 Å². The fourth-order valence-corrected chi connectivity index (χ4v) is 2.16. The Hall–Kier alpha value is -2.28. The lowest BCUT2D eigenvalue weighted by Gasteiger charge is -2.14. The van der Waals surface area contributed by atoms with Crippen molar-refractivity contribution in [2.75, 3.05) is 17.2 Å². The molecule has 0 aliphatic carbocycles. The van der Waals surface area contributed by atoms with E-state index in [4.69, 9.17) is 11.6 Å². The average molecular weight is 361 g/mol. The summed E-state index contributed by atoms with van der Waals surface area (Å²) in [5.41, 5.74) is -0.894. The van der Waals surface area contributed by atoms with Crippen molar-refractivity contribution in [2.24, 2.45) is 0 Å². The molecule has 0 bridgehead atoms. The predicted octanol–water partition coefficient (Wildman–Crippen LogP) is 4.94. The molecule has 0 aliphatic heterocycles. The number of nitrogens with one attached hydrogen (secondary N) is 2. The van der Waals surface area contributed by atoms with Crippen LogP contribution < -0.4 is 10.6 Å². The van der Waals surface area contributed by atoms with Crippen molar-refractivity contribution in [2.45, 2.75) is 12.6 Å². The second-order valence-corrected chi connectivity index (χ2v) is 5.36. The number of rotatable bonds is 5. The number of hydrogen-bond donors (Lipinski definition) is 2. The van der Waals surface area contributed by atoms with Gasteiger partial charge in [0.1, 0.15) is 5.82 Å². The molecule has 8 heteroatoms. The number of alkyl halides is 3. The fraction of sp³-hybridized carbons (Fsp3) is 0.188. The molecule has 0 unspecified atom stereocenters. The summed E-state index contributed by atoms with van der Waals surface area (Å²) < 4.78 is 51.8. The number of anilines is 2. The van der Waals surface area contributed by atoms with Gasteiger partial charge in [-0.25, -0.2) is 4.39 Å². The van der Waals surface area contributed by atoms with Crippen LogP contribution in [0.1, 0.15) is 12.0 Å². The smallest absolute Gasteiger partial charge is 0.384 e. The van der Waals surface area contributed by atoms with Gasteiger partial charge in [-0.15, -0.1) is 0 Å². The molecule has 2 aromatic rings. The molecule has 1 amide bonds. The van der Waals surface area contributed by atoms with Crippen LogP contribution in [0.3, 0.4) is 0 Å². The summed E-state index contributed by atoms with van der Waals surface area (Å²) in [6.07, 6.45) is -4.72. The number of hydrogen-bond acceptors (Lipinski definition) is 2. The van der Waals surface area contributed by atoms with Gasteiger partial charge in [-0.05, 0) is 36.4 Å². The van der Waals surface area contributed by atoms with E-state index >= 15 is 0 Å². The zero-order chi connectivity index (χ0) is 17.7. The maximum absolute atomic E-state index is 13.0. The Morgan fingerprint density at radius 3 is 2.54 bits per heavy atom. The third kappa shape index (κ3) is 5.13. The molecule has 2 N–H and O–H groups in total. The highest BCUT2D eigenvalue weighted by molar-refractivity contribution is 6.30. The minimum Gasteiger partial charge on any atom is -0.384 e. The molecule has 0 radical (unpaired) electrons. The summed E-state index contributed by atoms with van der Waals surface area (Å²) in [6.45, 7) is 0.143. The molecule has 0 heterocycles. The van der Waals surface area contributed by atoms with E-state index in [0.717, 1.165) is 12.1 Å². The quantitative estimate of drug-likeness (QED) is 0.742. The Bertz CT molecular complexity index is 734. The fourth-order valence-electron chi connectivity index (χ4n) is 1.99. The summed E-state index contributed by atoms with van der Waals surface area (Å²) in [4.78, 5) is 11.8. The minimum absolute atomic E-state index is 0.0758. The zero-order valence-electron chi connectivity index (χ0n) is 12.3. The molecule has 0 aromatic heterocycles. The molecular formula is C16H13ClF4N2O. The zero-order valence-corrected chi connectivity index (χ0v) is 13.0. The monoisotopic (exact) mass is 360 g/mol. The van der Waals surface area contributed by atoms with Gasteiger partial charge in [0, 0.05) is 23.7 Å². The summed E-state index contributed by atoms with van der Waals surface area (Å²) in [6, 6.07) is 8.75. The first-order valence-electron chi connectivity index (χ1n) is 6.92. The number of halogens is 5. The normalized spacial score (nSPS) is 11.2. The molecule has 0 aliphatic rings. The number of benzene rings is 2. The molecule has 3 nitrogen and oxygen atoms in total. The van der Waals surface area contributed by atoms with Crippen LogP contribution in [0.4, 0.5) is 28.9 Å². The maximum atomic E-state index is 13.0. The molecule has 0 saturated heterocycles. The first-order chi connectivity index (χ1) is 11.3. The highest BCUT2D eigenvalue weighted by Crippen LogP contribution is 2.36.